The maximum Gasteiger partial charge on any atom is 0.0558 e. The van der Waals surface area contributed by atoms with E-state index in [-0.39, 0.29) is 13.2 Å². The lowest BCUT2D eigenvalue weighted by atomic mass is 9.67. The van der Waals surface area contributed by atoms with Crippen LogP contribution in [0.15, 0.2) is 0 Å². The highest BCUT2D eigenvalue weighted by Crippen LogP contribution is 2.40. The fraction of sp³-hybridized carbons (Fsp3) is 1.00. The minimum absolute atomic E-state index is 0.166. The zero-order valence-corrected chi connectivity index (χ0v) is 13.7. The van der Waals surface area contributed by atoms with Gasteiger partial charge in [0.05, 0.1) is 13.2 Å². The van der Waals surface area contributed by atoms with E-state index >= 15 is 0 Å². The van der Waals surface area contributed by atoms with Crippen LogP contribution in [0.1, 0.15) is 40.0 Å². The highest BCUT2D eigenvalue weighted by Gasteiger charge is 2.35. The van der Waals surface area contributed by atoms with Crippen molar-refractivity contribution in [2.75, 3.05) is 39.9 Å². The molecule has 0 aromatic carbocycles. The Labute approximate surface area is 124 Å². The zero-order valence-electron chi connectivity index (χ0n) is 13.7. The Bertz CT molecular complexity index is 260. The molecule has 3 atom stereocenters. The molecule has 1 saturated carbocycles. The van der Waals surface area contributed by atoms with Crippen molar-refractivity contribution in [3.05, 3.63) is 0 Å². The smallest absolute Gasteiger partial charge is 0.0558 e. The molecule has 0 saturated heterocycles. The molecule has 0 aromatic rings. The van der Waals surface area contributed by atoms with Crippen LogP contribution in [-0.2, 0) is 0 Å². The quantitative estimate of drug-likeness (QED) is 0.661. The minimum atomic E-state index is 0.166. The number of hydrogen-bond acceptors (Lipinski definition) is 4. The lowest BCUT2D eigenvalue weighted by molar-refractivity contribution is 0.0761. The standard InChI is InChI=1S/C16H34N2O2/c1-16(2,3)14-5-6-15(17-4)13(11-14)12-18(7-9-19)8-10-20/h13-15,17,19-20H,5-12H2,1-4H3. The van der Waals surface area contributed by atoms with Gasteiger partial charge in [0.2, 0.25) is 0 Å². The largest absolute Gasteiger partial charge is 0.395 e. The second-order valence-corrected chi connectivity index (χ2v) is 7.28. The Hall–Kier alpha value is -0.160. The normalized spacial score (nSPS) is 28.1. The molecular weight excluding hydrogens is 252 g/mol. The molecule has 4 nitrogen and oxygen atoms in total. The van der Waals surface area contributed by atoms with Gasteiger partial charge >= 0.3 is 0 Å². The molecule has 0 radical (unpaired) electrons. The molecule has 0 aliphatic heterocycles. The summed E-state index contributed by atoms with van der Waals surface area (Å²) in [4.78, 5) is 2.19. The molecule has 0 bridgehead atoms. The van der Waals surface area contributed by atoms with Gasteiger partial charge in [0.25, 0.3) is 0 Å². The number of aliphatic hydroxyl groups excluding tert-OH is 2. The average Bonchev–Trinajstić information content (AvgIpc) is 2.38. The fourth-order valence-electron chi connectivity index (χ4n) is 3.54. The van der Waals surface area contributed by atoms with Gasteiger partial charge in [-0.1, -0.05) is 20.8 Å². The van der Waals surface area contributed by atoms with E-state index < -0.39 is 0 Å². The second-order valence-electron chi connectivity index (χ2n) is 7.28. The third-order valence-corrected chi connectivity index (χ3v) is 4.90. The number of nitrogens with one attached hydrogen (secondary N) is 1. The van der Waals surface area contributed by atoms with Crippen LogP contribution in [0.25, 0.3) is 0 Å². The van der Waals surface area contributed by atoms with Crippen molar-refractivity contribution in [3.63, 3.8) is 0 Å². The van der Waals surface area contributed by atoms with Crippen LogP contribution in [0.5, 0.6) is 0 Å². The zero-order chi connectivity index (χ0) is 15.2. The number of nitrogens with zero attached hydrogens (tertiary/aromatic N) is 1. The topological polar surface area (TPSA) is 55.7 Å². The van der Waals surface area contributed by atoms with Gasteiger partial charge in [0, 0.05) is 25.7 Å². The summed E-state index contributed by atoms with van der Waals surface area (Å²) < 4.78 is 0. The van der Waals surface area contributed by atoms with Crippen molar-refractivity contribution in [2.24, 2.45) is 17.3 Å². The predicted octanol–water partition coefficient (Wildman–Crippen LogP) is 1.32. The summed E-state index contributed by atoms with van der Waals surface area (Å²) >= 11 is 0. The average molecular weight is 286 g/mol. The molecule has 0 amide bonds. The van der Waals surface area contributed by atoms with E-state index in [4.69, 9.17) is 10.2 Å². The number of aliphatic hydroxyl groups is 2. The number of hydrogen-bond donors (Lipinski definition) is 3. The highest BCUT2D eigenvalue weighted by molar-refractivity contribution is 4.89. The van der Waals surface area contributed by atoms with Gasteiger partial charge in [-0.3, -0.25) is 4.90 Å². The molecule has 0 spiro atoms. The Kier molecular flexibility index (Phi) is 7.45. The molecule has 1 rings (SSSR count). The molecule has 3 unspecified atom stereocenters. The van der Waals surface area contributed by atoms with Crippen molar-refractivity contribution >= 4 is 0 Å². The van der Waals surface area contributed by atoms with E-state index in [1.807, 2.05) is 0 Å². The van der Waals surface area contributed by atoms with Gasteiger partial charge in [-0.25, -0.2) is 0 Å². The van der Waals surface area contributed by atoms with Crippen molar-refractivity contribution in [1.82, 2.24) is 10.2 Å². The molecular formula is C16H34N2O2. The van der Waals surface area contributed by atoms with E-state index in [0.29, 0.717) is 30.5 Å². The summed E-state index contributed by atoms with van der Waals surface area (Å²) in [6.45, 7) is 9.65. The summed E-state index contributed by atoms with van der Waals surface area (Å²) in [6.07, 6.45) is 3.77. The van der Waals surface area contributed by atoms with Crippen LogP contribution in [0.2, 0.25) is 0 Å². The first-order valence-corrected chi connectivity index (χ1v) is 8.03. The number of rotatable bonds is 7. The summed E-state index contributed by atoms with van der Waals surface area (Å²) in [5.74, 6) is 1.37. The molecule has 0 heterocycles. The first-order chi connectivity index (χ1) is 9.42. The van der Waals surface area contributed by atoms with Crippen LogP contribution in [0.4, 0.5) is 0 Å². The van der Waals surface area contributed by atoms with E-state index in [2.05, 4.69) is 38.0 Å². The molecule has 1 fully saturated rings. The lowest BCUT2D eigenvalue weighted by Crippen LogP contribution is -2.47. The Balaban J connectivity index is 2.65. The van der Waals surface area contributed by atoms with Gasteiger partial charge in [-0.2, -0.15) is 0 Å². The van der Waals surface area contributed by atoms with Crippen molar-refractivity contribution in [2.45, 2.75) is 46.1 Å². The summed E-state index contributed by atoms with van der Waals surface area (Å²) in [5, 5.41) is 21.8. The van der Waals surface area contributed by atoms with E-state index in [9.17, 15) is 0 Å². The van der Waals surface area contributed by atoms with Crippen molar-refractivity contribution in [1.29, 1.82) is 0 Å². The van der Waals surface area contributed by atoms with Crippen LogP contribution >= 0.6 is 0 Å². The monoisotopic (exact) mass is 286 g/mol. The highest BCUT2D eigenvalue weighted by atomic mass is 16.3. The summed E-state index contributed by atoms with van der Waals surface area (Å²) in [7, 11) is 2.05. The first kappa shape index (κ1) is 17.9. The maximum absolute atomic E-state index is 9.16. The van der Waals surface area contributed by atoms with E-state index in [1.165, 1.54) is 19.3 Å². The SMILES string of the molecule is CNC1CCC(C(C)(C)C)CC1CN(CCO)CCO. The van der Waals surface area contributed by atoms with Gasteiger partial charge in [0.15, 0.2) is 0 Å². The molecule has 120 valence electrons. The molecule has 0 aromatic heterocycles. The summed E-state index contributed by atoms with van der Waals surface area (Å²) in [5.41, 5.74) is 0.371. The van der Waals surface area contributed by atoms with Crippen molar-refractivity contribution < 1.29 is 10.2 Å². The molecule has 4 heteroatoms. The maximum atomic E-state index is 9.16. The van der Waals surface area contributed by atoms with E-state index in [1.54, 1.807) is 0 Å². The third kappa shape index (κ3) is 5.32. The Morgan fingerprint density at radius 3 is 2.15 bits per heavy atom. The molecule has 20 heavy (non-hydrogen) atoms. The van der Waals surface area contributed by atoms with Crippen LogP contribution in [-0.4, -0.2) is 61.1 Å². The fourth-order valence-corrected chi connectivity index (χ4v) is 3.54. The van der Waals surface area contributed by atoms with E-state index in [0.717, 1.165) is 12.5 Å². The molecule has 3 N–H and O–H groups in total. The second kappa shape index (κ2) is 8.32. The van der Waals surface area contributed by atoms with Gasteiger partial charge in [-0.15, -0.1) is 0 Å². The minimum Gasteiger partial charge on any atom is -0.395 e. The van der Waals surface area contributed by atoms with Crippen LogP contribution in [0.3, 0.4) is 0 Å². The predicted molar refractivity (Wildman–Crippen MR) is 83.7 cm³/mol. The third-order valence-electron chi connectivity index (χ3n) is 4.90. The summed E-state index contributed by atoms with van der Waals surface area (Å²) in [6, 6.07) is 0.563. The van der Waals surface area contributed by atoms with Gasteiger partial charge < -0.3 is 15.5 Å². The van der Waals surface area contributed by atoms with Crippen LogP contribution in [0, 0.1) is 17.3 Å². The Morgan fingerprint density at radius 2 is 1.70 bits per heavy atom. The van der Waals surface area contributed by atoms with Crippen LogP contribution < -0.4 is 5.32 Å². The molecule has 1 aliphatic carbocycles. The van der Waals surface area contributed by atoms with Crippen molar-refractivity contribution in [3.8, 4) is 0 Å². The Morgan fingerprint density at radius 1 is 1.10 bits per heavy atom. The molecule has 1 aliphatic rings. The lowest BCUT2D eigenvalue weighted by Gasteiger charge is -2.43. The first-order valence-electron chi connectivity index (χ1n) is 8.03. The van der Waals surface area contributed by atoms with Gasteiger partial charge in [0.1, 0.15) is 0 Å². The van der Waals surface area contributed by atoms with Gasteiger partial charge in [-0.05, 0) is 43.6 Å².